The summed E-state index contributed by atoms with van der Waals surface area (Å²) in [5.74, 6) is 6.99. The number of pyridine rings is 2. The molecule has 2 aliphatic heterocycles. The second kappa shape index (κ2) is 48.4. The van der Waals surface area contributed by atoms with Gasteiger partial charge in [0.1, 0.15) is 29.5 Å². The first-order chi connectivity index (χ1) is 69.7. The van der Waals surface area contributed by atoms with Crippen molar-refractivity contribution in [3.8, 4) is 56.0 Å². The number of hydrogen-bond donors (Lipinski definition) is 4. The molecule has 17 heteroatoms. The van der Waals surface area contributed by atoms with Crippen LogP contribution >= 0.6 is 23.2 Å². The van der Waals surface area contributed by atoms with Gasteiger partial charge in [0.05, 0.1) is 52.3 Å². The summed E-state index contributed by atoms with van der Waals surface area (Å²) in [4.78, 5) is 65.2. The Morgan fingerprint density at radius 2 is 0.727 bits per heavy atom. The highest BCUT2D eigenvalue weighted by Crippen LogP contribution is 2.47. The predicted octanol–water partition coefficient (Wildman–Crippen LogP) is 34.9. The Hall–Kier alpha value is -13.0. The number of urea groups is 2. The van der Waals surface area contributed by atoms with Crippen LogP contribution < -0.4 is 40.5 Å². The van der Waals surface area contributed by atoms with Gasteiger partial charge in [-0.1, -0.05) is 268 Å². The molecule has 4 saturated carbocycles. The minimum atomic E-state index is -0.444. The van der Waals surface area contributed by atoms with Gasteiger partial charge >= 0.3 is 12.1 Å². The van der Waals surface area contributed by atoms with E-state index in [1.807, 2.05) is 79.7 Å². The normalized spacial score (nSPS) is 19.6. The van der Waals surface area contributed by atoms with Gasteiger partial charge in [-0.05, 0) is 363 Å². The molecule has 4 aliphatic carbocycles. The van der Waals surface area contributed by atoms with Gasteiger partial charge in [0.25, 0.3) is 11.8 Å². The Morgan fingerprint density at radius 3 is 1.11 bits per heavy atom. The summed E-state index contributed by atoms with van der Waals surface area (Å²) < 4.78 is 26.8. The third kappa shape index (κ3) is 25.5. The maximum atomic E-state index is 14.2. The van der Waals surface area contributed by atoms with Gasteiger partial charge < -0.3 is 30.7 Å². The first-order valence-corrected chi connectivity index (χ1v) is 53.5. The van der Waals surface area contributed by atoms with Gasteiger partial charge in [-0.15, -0.1) is 0 Å². The number of amides is 6. The lowest BCUT2D eigenvalue weighted by Crippen LogP contribution is -2.45. The number of benzene rings is 12. The van der Waals surface area contributed by atoms with Gasteiger partial charge in [-0.3, -0.25) is 29.4 Å². The standard InChI is InChI=1S/C33H36N2O.2C31H35ClN2O2.C31H31FN2O/c1-3-7-27-8-5-6-9-31(27)35-33(36)30-20-21-34-32-22-28(18-19-29(30)32)26-16-14-25(15-17-26)24-12-10-23(4-2)11-13-24;1-3-21-5-7-22(8-6-21)23-9-11-24(12-10-23)25-13-18-29-30(19-25)36-28(4-2)20-34(29)31(35)33-27-16-14-26(32)15-17-27;1-3-21-8-10-22(11-9-21)23-12-14-24(15-13-23)25-16-17-29-30(18-25)36-28(4-2)20-34(29)31(35)33-27-7-5-6-26(32)19-27;1-3-21-5-7-22(8-6-21)23-9-11-24(12-10-23)25-13-14-26-27(16-17-33-30(26)19-25)31(35)34-29-15-4-20(2)18-28(29)32/h5-6,8-9,14-24H,3-4,7,10-13H2,1-2H3,(H,35,36);9-19,21-22,28H,3-8,20H2,1-2H3,(H,33,35);5-7,12-19,21-22,28H,3-4,8-11,20H2,1-2H3,(H,33,35);4,9-19,21-22H,3,5-8H2,1-2H3,(H,34,35). The molecule has 20 rings (SSSR count). The van der Waals surface area contributed by atoms with Crippen molar-refractivity contribution in [2.75, 3.05) is 44.2 Å². The van der Waals surface area contributed by atoms with E-state index in [1.165, 1.54) is 173 Å². The van der Waals surface area contributed by atoms with E-state index in [2.05, 4.69) is 219 Å². The maximum Gasteiger partial charge on any atom is 0.326 e. The topological polar surface area (TPSA) is 167 Å². The number of carbonyl (C=O) groups is 4. The molecular weight excluding hydrogens is 1810 g/mol. The monoisotopic (exact) mass is 1950 g/mol. The SMILES string of the molecule is CCC1CCC(c2ccc(-c3ccc4c(C(=O)Nc5ccc(C)cc5F)ccnc4c3)cc2)CC1.CCC1CCC(c2ccc(-c3ccc4c(c3)OC(CC)CN4C(=O)Nc3ccc(Cl)cc3)cc2)CC1.CCC1CCC(c2ccc(-c3ccc4c(c3)OC(CC)CN4C(=O)Nc3cccc(Cl)c3)cc2)CC1.CCCc1ccccc1NC(=O)c1ccnc2cc(-c3ccc(C4CCC(CC)CC4)cc3)ccc12. The Labute approximate surface area is 855 Å². The van der Waals surface area contributed by atoms with Crippen molar-refractivity contribution in [1.82, 2.24) is 9.97 Å². The van der Waals surface area contributed by atoms with Crippen LogP contribution in [0.5, 0.6) is 11.5 Å². The molecule has 6 amide bonds. The highest BCUT2D eigenvalue weighted by Gasteiger charge is 2.34. The highest BCUT2D eigenvalue weighted by molar-refractivity contribution is 6.31. The number of halogens is 3. The van der Waals surface area contributed by atoms with Crippen LogP contribution in [-0.4, -0.2) is 59.1 Å². The number of fused-ring (bicyclic) bond motifs is 4. The van der Waals surface area contributed by atoms with Crippen molar-refractivity contribution >= 4 is 103 Å². The second-order valence-corrected chi connectivity index (χ2v) is 41.1. The molecule has 0 radical (unpaired) electrons. The quantitative estimate of drug-likeness (QED) is 0.0520. The summed E-state index contributed by atoms with van der Waals surface area (Å²) in [5.41, 5.74) is 23.5. The van der Waals surface area contributed by atoms with Gasteiger partial charge in [0, 0.05) is 50.3 Å². The lowest BCUT2D eigenvalue weighted by molar-refractivity contribution is 0.102. The third-order valence-corrected chi connectivity index (χ3v) is 31.6. The van der Waals surface area contributed by atoms with Crippen LogP contribution in [0.15, 0.2) is 285 Å². The fourth-order valence-corrected chi connectivity index (χ4v) is 22.4. The summed E-state index contributed by atoms with van der Waals surface area (Å²) in [6, 6.07) is 90.9. The fraction of sp³-hybridized carbons (Fsp3) is 0.349. The molecule has 12 aromatic carbocycles. The number of anilines is 6. The van der Waals surface area contributed by atoms with Crippen molar-refractivity contribution < 1.29 is 33.0 Å². The van der Waals surface area contributed by atoms with Gasteiger partial charge in [-0.25, -0.2) is 14.0 Å². The minimum Gasteiger partial charge on any atom is -0.486 e. The van der Waals surface area contributed by atoms with Crippen LogP contribution in [0.4, 0.5) is 48.1 Å². The van der Waals surface area contributed by atoms with Crippen molar-refractivity contribution in [3.63, 3.8) is 0 Å². The van der Waals surface area contributed by atoms with Crippen molar-refractivity contribution in [2.24, 2.45) is 23.7 Å². The summed E-state index contributed by atoms with van der Waals surface area (Å²) in [6.07, 6.45) is 33.3. The summed E-state index contributed by atoms with van der Waals surface area (Å²) in [5, 5.41) is 14.6. The van der Waals surface area contributed by atoms with E-state index >= 15 is 0 Å². The predicted molar refractivity (Wildman–Crippen MR) is 591 cm³/mol. The molecule has 14 nitrogen and oxygen atoms in total. The lowest BCUT2D eigenvalue weighted by Gasteiger charge is -2.35. The van der Waals surface area contributed by atoms with Gasteiger partial charge in [0.2, 0.25) is 0 Å². The molecule has 0 spiro atoms. The van der Waals surface area contributed by atoms with Gasteiger partial charge in [0.15, 0.2) is 0 Å². The van der Waals surface area contributed by atoms with E-state index in [1.54, 1.807) is 76.8 Å². The molecule has 14 aromatic rings. The molecule has 2 unspecified atom stereocenters. The van der Waals surface area contributed by atoms with Crippen molar-refractivity contribution in [2.45, 2.75) is 245 Å². The number of rotatable bonds is 22. The molecule has 6 aliphatic rings. The Kier molecular flexibility index (Phi) is 34.4. The van der Waals surface area contributed by atoms with E-state index in [0.717, 1.165) is 139 Å². The average Bonchev–Trinajstić information content (AvgIpc) is 0.789. The zero-order valence-corrected chi connectivity index (χ0v) is 85.7. The number of nitrogens with one attached hydrogen (secondary N) is 4. The highest BCUT2D eigenvalue weighted by atomic mass is 35.5. The van der Waals surface area contributed by atoms with Crippen molar-refractivity contribution in [1.29, 1.82) is 0 Å². The molecule has 0 saturated heterocycles. The van der Waals surface area contributed by atoms with Gasteiger partial charge in [-0.2, -0.15) is 0 Å². The largest absolute Gasteiger partial charge is 0.486 e. The number of carbonyl (C=O) groups excluding carboxylic acids is 4. The molecule has 4 heterocycles. The Bertz CT molecular complexity index is 6680. The van der Waals surface area contributed by atoms with Crippen LogP contribution in [0.1, 0.15) is 274 Å². The van der Waals surface area contributed by atoms with E-state index in [0.29, 0.717) is 69.3 Å². The smallest absolute Gasteiger partial charge is 0.326 e. The van der Waals surface area contributed by atoms with E-state index in [9.17, 15) is 23.6 Å². The molecule has 738 valence electrons. The first-order valence-electron chi connectivity index (χ1n) is 52.7. The van der Waals surface area contributed by atoms with E-state index in [-0.39, 0.29) is 41.8 Å². The number of para-hydroxylation sites is 1. The number of ether oxygens (including phenoxy) is 2. The fourth-order valence-electron chi connectivity index (χ4n) is 22.0. The number of aryl methyl sites for hydroxylation is 2. The minimum absolute atomic E-state index is 0.0515. The number of nitrogens with zero attached hydrogens (tertiary/aromatic N) is 4. The molecular formula is C126H137Cl2FN8O6. The summed E-state index contributed by atoms with van der Waals surface area (Å²) in [7, 11) is 0. The maximum absolute atomic E-state index is 14.2. The van der Waals surface area contributed by atoms with E-state index < -0.39 is 5.82 Å². The molecule has 2 aromatic heterocycles. The second-order valence-electron chi connectivity index (χ2n) is 40.2. The molecule has 0 bridgehead atoms. The number of aromatic nitrogens is 2. The molecule has 2 atom stereocenters. The van der Waals surface area contributed by atoms with Crippen LogP contribution in [0.2, 0.25) is 10.0 Å². The van der Waals surface area contributed by atoms with Crippen LogP contribution in [0.3, 0.4) is 0 Å². The average molecular weight is 1950 g/mol. The Balaban J connectivity index is 0.000000131. The number of hydrogen-bond acceptors (Lipinski definition) is 8. The Morgan fingerprint density at radius 1 is 0.350 bits per heavy atom. The van der Waals surface area contributed by atoms with Crippen LogP contribution in [0.25, 0.3) is 66.3 Å². The summed E-state index contributed by atoms with van der Waals surface area (Å²) in [6.45, 7) is 18.4. The molecule has 143 heavy (non-hydrogen) atoms. The van der Waals surface area contributed by atoms with E-state index in [4.69, 9.17) is 32.7 Å². The van der Waals surface area contributed by atoms with Crippen LogP contribution in [-0.2, 0) is 6.42 Å². The lowest BCUT2D eigenvalue weighted by atomic mass is 9.77. The van der Waals surface area contributed by atoms with Crippen LogP contribution in [0, 0.1) is 36.4 Å². The molecule has 4 fully saturated rings. The third-order valence-electron chi connectivity index (χ3n) is 31.1. The zero-order chi connectivity index (χ0) is 99.4. The summed E-state index contributed by atoms with van der Waals surface area (Å²) >= 11 is 12.1. The first kappa shape index (κ1) is 102. The molecule has 4 N–H and O–H groups in total. The zero-order valence-electron chi connectivity index (χ0n) is 84.2. The van der Waals surface area contributed by atoms with Crippen molar-refractivity contribution in [3.05, 3.63) is 346 Å².